The van der Waals surface area contributed by atoms with Crippen LogP contribution in [0, 0.1) is 5.92 Å². The van der Waals surface area contributed by atoms with Crippen molar-refractivity contribution in [2.75, 3.05) is 6.54 Å². The average Bonchev–Trinajstić information content (AvgIpc) is 2.89. The minimum absolute atomic E-state index is 0.192. The van der Waals surface area contributed by atoms with Crippen LogP contribution in [0.3, 0.4) is 0 Å². The number of hydrogen-bond acceptors (Lipinski definition) is 4. The molecule has 1 heterocycles. The fourth-order valence-electron chi connectivity index (χ4n) is 2.48. The van der Waals surface area contributed by atoms with E-state index in [2.05, 4.69) is 36.3 Å². The van der Waals surface area contributed by atoms with Gasteiger partial charge in [0.05, 0.1) is 0 Å². The van der Waals surface area contributed by atoms with Gasteiger partial charge >= 0.3 is 0 Å². The van der Waals surface area contributed by atoms with E-state index in [-0.39, 0.29) is 5.54 Å². The summed E-state index contributed by atoms with van der Waals surface area (Å²) in [6.45, 7) is 7.57. The van der Waals surface area contributed by atoms with E-state index in [4.69, 9.17) is 0 Å². The maximum atomic E-state index is 4.34. The van der Waals surface area contributed by atoms with Crippen molar-refractivity contribution in [2.45, 2.75) is 64.8 Å². The van der Waals surface area contributed by atoms with Crippen LogP contribution < -0.4 is 5.32 Å². The maximum absolute atomic E-state index is 4.34. The van der Waals surface area contributed by atoms with Crippen LogP contribution in [0.5, 0.6) is 0 Å². The highest BCUT2D eigenvalue weighted by molar-refractivity contribution is 7.11. The number of nitrogens with one attached hydrogen (secondary N) is 1. The van der Waals surface area contributed by atoms with Crippen molar-refractivity contribution >= 4 is 11.3 Å². The van der Waals surface area contributed by atoms with Gasteiger partial charge in [0.2, 0.25) is 0 Å². The largest absolute Gasteiger partial charge is 0.312 e. The third-order valence-electron chi connectivity index (χ3n) is 3.44. The van der Waals surface area contributed by atoms with E-state index in [0.717, 1.165) is 25.3 Å². The topological polar surface area (TPSA) is 37.8 Å². The van der Waals surface area contributed by atoms with Crippen LogP contribution in [0.4, 0.5) is 0 Å². The van der Waals surface area contributed by atoms with Gasteiger partial charge in [-0.2, -0.15) is 0 Å². The minimum Gasteiger partial charge on any atom is -0.312 e. The Kier molecular flexibility index (Phi) is 4.73. The predicted octanol–water partition coefficient (Wildman–Crippen LogP) is 3.20. The fraction of sp³-hybridized carbons (Fsp3) is 0.857. The second-order valence-corrected chi connectivity index (χ2v) is 7.52. The van der Waals surface area contributed by atoms with Gasteiger partial charge in [0, 0.05) is 24.9 Å². The first-order valence-electron chi connectivity index (χ1n) is 7.09. The van der Waals surface area contributed by atoms with E-state index >= 15 is 0 Å². The molecule has 102 valence electrons. The lowest BCUT2D eigenvalue weighted by Crippen LogP contribution is -2.37. The van der Waals surface area contributed by atoms with Gasteiger partial charge < -0.3 is 5.32 Å². The monoisotopic (exact) mass is 267 g/mol. The van der Waals surface area contributed by atoms with Gasteiger partial charge in [0.1, 0.15) is 10.0 Å². The Morgan fingerprint density at radius 2 is 1.83 bits per heavy atom. The van der Waals surface area contributed by atoms with Crippen molar-refractivity contribution in [1.82, 2.24) is 15.5 Å². The zero-order valence-corrected chi connectivity index (χ0v) is 12.6. The highest BCUT2D eigenvalue weighted by Crippen LogP contribution is 2.28. The molecule has 1 saturated carbocycles. The fourth-order valence-corrected chi connectivity index (χ4v) is 3.44. The molecule has 4 heteroatoms. The van der Waals surface area contributed by atoms with Gasteiger partial charge in [-0.1, -0.05) is 25.7 Å². The van der Waals surface area contributed by atoms with E-state index < -0.39 is 0 Å². The van der Waals surface area contributed by atoms with Gasteiger partial charge in [-0.3, -0.25) is 0 Å². The molecule has 1 aromatic rings. The summed E-state index contributed by atoms with van der Waals surface area (Å²) in [6, 6.07) is 0. The second-order valence-electron chi connectivity index (χ2n) is 6.37. The van der Waals surface area contributed by atoms with Crippen molar-refractivity contribution in [2.24, 2.45) is 5.92 Å². The molecule has 0 bridgehead atoms. The normalized spacial score (nSPS) is 17.5. The van der Waals surface area contributed by atoms with E-state index in [1.807, 2.05) is 11.3 Å². The summed E-state index contributed by atoms with van der Waals surface area (Å²) in [6.07, 6.45) is 7.75. The first kappa shape index (κ1) is 13.9. The average molecular weight is 267 g/mol. The lowest BCUT2D eigenvalue weighted by molar-refractivity contribution is 0.429. The zero-order chi connectivity index (χ0) is 13.0. The van der Waals surface area contributed by atoms with Crippen LogP contribution in [-0.2, 0) is 12.8 Å². The molecule has 0 saturated heterocycles. The molecular formula is C14H25N3S. The van der Waals surface area contributed by atoms with Crippen LogP contribution in [0.15, 0.2) is 0 Å². The Balaban J connectivity index is 1.75. The van der Waals surface area contributed by atoms with Crippen LogP contribution in [-0.4, -0.2) is 22.3 Å². The van der Waals surface area contributed by atoms with Crippen LogP contribution >= 0.6 is 11.3 Å². The van der Waals surface area contributed by atoms with Crippen molar-refractivity contribution in [1.29, 1.82) is 0 Å². The summed E-state index contributed by atoms with van der Waals surface area (Å²) in [7, 11) is 0. The van der Waals surface area contributed by atoms with Crippen molar-refractivity contribution in [3.63, 3.8) is 0 Å². The third kappa shape index (κ3) is 4.65. The molecule has 0 spiro atoms. The molecule has 1 aliphatic rings. The lowest BCUT2D eigenvalue weighted by Gasteiger charge is -2.19. The Morgan fingerprint density at radius 3 is 2.50 bits per heavy atom. The molecule has 0 radical (unpaired) electrons. The van der Waals surface area contributed by atoms with E-state index in [9.17, 15) is 0 Å². The van der Waals surface area contributed by atoms with Crippen LogP contribution in [0.25, 0.3) is 0 Å². The number of rotatable bonds is 5. The van der Waals surface area contributed by atoms with Crippen LogP contribution in [0.2, 0.25) is 0 Å². The van der Waals surface area contributed by atoms with E-state index in [0.29, 0.717) is 0 Å². The molecule has 2 rings (SSSR count). The van der Waals surface area contributed by atoms with E-state index in [1.54, 1.807) is 0 Å². The van der Waals surface area contributed by atoms with Gasteiger partial charge in [-0.15, -0.1) is 21.5 Å². The quantitative estimate of drug-likeness (QED) is 0.890. The molecule has 1 aliphatic carbocycles. The zero-order valence-electron chi connectivity index (χ0n) is 11.8. The van der Waals surface area contributed by atoms with Gasteiger partial charge in [0.15, 0.2) is 0 Å². The minimum atomic E-state index is 0.192. The predicted molar refractivity (Wildman–Crippen MR) is 77.0 cm³/mol. The molecule has 0 aromatic carbocycles. The van der Waals surface area contributed by atoms with Crippen molar-refractivity contribution < 1.29 is 0 Å². The Bertz CT molecular complexity index is 361. The Hall–Kier alpha value is -0.480. The maximum Gasteiger partial charge on any atom is 0.118 e. The second kappa shape index (κ2) is 6.11. The van der Waals surface area contributed by atoms with Gasteiger partial charge in [0.25, 0.3) is 0 Å². The molecule has 0 atom stereocenters. The van der Waals surface area contributed by atoms with E-state index in [1.165, 1.54) is 35.7 Å². The molecule has 18 heavy (non-hydrogen) atoms. The third-order valence-corrected chi connectivity index (χ3v) is 4.45. The first-order chi connectivity index (χ1) is 8.53. The Morgan fingerprint density at radius 1 is 1.17 bits per heavy atom. The Labute approximate surface area is 114 Å². The molecule has 1 N–H and O–H groups in total. The first-order valence-corrected chi connectivity index (χ1v) is 7.91. The number of aromatic nitrogens is 2. The van der Waals surface area contributed by atoms with Crippen molar-refractivity contribution in [3.05, 3.63) is 10.0 Å². The molecular weight excluding hydrogens is 242 g/mol. The molecule has 1 aromatic heterocycles. The molecule has 0 unspecified atom stereocenters. The molecule has 0 aliphatic heterocycles. The molecule has 3 nitrogen and oxygen atoms in total. The van der Waals surface area contributed by atoms with Crippen molar-refractivity contribution in [3.8, 4) is 0 Å². The highest BCUT2D eigenvalue weighted by Gasteiger charge is 2.17. The molecule has 0 amide bonds. The highest BCUT2D eigenvalue weighted by atomic mass is 32.1. The summed E-state index contributed by atoms with van der Waals surface area (Å²) in [5, 5.41) is 14.6. The van der Waals surface area contributed by atoms with Crippen LogP contribution in [0.1, 0.15) is 56.5 Å². The number of nitrogens with zero attached hydrogens (tertiary/aromatic N) is 2. The summed E-state index contributed by atoms with van der Waals surface area (Å²) in [5.41, 5.74) is 0.192. The molecule has 1 fully saturated rings. The lowest BCUT2D eigenvalue weighted by atomic mass is 10.1. The standard InChI is InChI=1S/C14H25N3S/c1-14(2,3)15-9-8-12-16-17-13(18-12)10-11-6-4-5-7-11/h11,15H,4-10H2,1-3H3. The summed E-state index contributed by atoms with van der Waals surface area (Å²) in [5.74, 6) is 0.874. The summed E-state index contributed by atoms with van der Waals surface area (Å²) in [4.78, 5) is 0. The van der Waals surface area contributed by atoms with Gasteiger partial charge in [-0.05, 0) is 26.7 Å². The SMILES string of the molecule is CC(C)(C)NCCc1nnc(CC2CCCC2)s1. The van der Waals surface area contributed by atoms with Gasteiger partial charge in [-0.25, -0.2) is 0 Å². The smallest absolute Gasteiger partial charge is 0.118 e. The summed E-state index contributed by atoms with van der Waals surface area (Å²) < 4.78 is 0. The number of hydrogen-bond donors (Lipinski definition) is 1. The summed E-state index contributed by atoms with van der Waals surface area (Å²) >= 11 is 1.81.